The Morgan fingerprint density at radius 2 is 1.79 bits per heavy atom. The average molecular weight is 447 g/mol. The summed E-state index contributed by atoms with van der Waals surface area (Å²) in [6.45, 7) is 2.81. The number of barbiturate groups is 1. The van der Waals surface area contributed by atoms with E-state index >= 15 is 0 Å². The maximum atomic E-state index is 14.2. The Kier molecular flexibility index (Phi) is 4.71. The SMILES string of the molecule is Cc1ccc2nc3c(cc2c1)C[C@]1(C(=O)NC(=O)N(C2CCCCC2)C1=O)[C@H]1CCCCN31. The zero-order chi connectivity index (χ0) is 22.7. The molecule has 1 N–H and O–H groups in total. The Labute approximate surface area is 193 Å². The Morgan fingerprint density at radius 1 is 1.00 bits per heavy atom. The van der Waals surface area contributed by atoms with Crippen molar-refractivity contribution in [3.63, 3.8) is 0 Å². The lowest BCUT2D eigenvalue weighted by atomic mass is 9.66. The summed E-state index contributed by atoms with van der Waals surface area (Å²) in [7, 11) is 0. The number of hydrogen-bond acceptors (Lipinski definition) is 5. The minimum Gasteiger partial charge on any atom is -0.352 e. The van der Waals surface area contributed by atoms with Gasteiger partial charge in [0.2, 0.25) is 11.8 Å². The van der Waals surface area contributed by atoms with Gasteiger partial charge in [-0.1, -0.05) is 30.9 Å². The first kappa shape index (κ1) is 20.6. The van der Waals surface area contributed by atoms with Gasteiger partial charge in [0.1, 0.15) is 5.82 Å². The number of hydrogen-bond donors (Lipinski definition) is 1. The number of carbonyl (C=O) groups excluding carboxylic acids is 3. The number of imide groups is 2. The van der Waals surface area contributed by atoms with Gasteiger partial charge in [-0.2, -0.15) is 0 Å². The van der Waals surface area contributed by atoms with Crippen molar-refractivity contribution in [2.24, 2.45) is 5.41 Å². The number of carbonyl (C=O) groups is 3. The van der Waals surface area contributed by atoms with Crippen LogP contribution >= 0.6 is 0 Å². The summed E-state index contributed by atoms with van der Waals surface area (Å²) in [5, 5.41) is 3.62. The number of benzene rings is 1. The summed E-state index contributed by atoms with van der Waals surface area (Å²) >= 11 is 0. The van der Waals surface area contributed by atoms with Gasteiger partial charge in [0, 0.05) is 24.4 Å². The summed E-state index contributed by atoms with van der Waals surface area (Å²) in [6.07, 6.45) is 7.79. The number of nitrogens with one attached hydrogen (secondary N) is 1. The van der Waals surface area contributed by atoms with Crippen LogP contribution in [-0.2, 0) is 16.0 Å². The number of nitrogens with zero attached hydrogens (tertiary/aromatic N) is 3. The van der Waals surface area contributed by atoms with Crippen LogP contribution in [0.4, 0.5) is 10.6 Å². The Morgan fingerprint density at radius 3 is 2.61 bits per heavy atom. The van der Waals surface area contributed by atoms with Crippen LogP contribution in [0.15, 0.2) is 24.3 Å². The second-order valence-electron chi connectivity index (χ2n) is 10.2. The van der Waals surface area contributed by atoms with Gasteiger partial charge in [0.15, 0.2) is 5.41 Å². The molecule has 4 heterocycles. The Bertz CT molecular complexity index is 1170. The van der Waals surface area contributed by atoms with E-state index in [0.717, 1.165) is 85.8 Å². The largest absolute Gasteiger partial charge is 0.352 e. The molecule has 1 aromatic heterocycles. The zero-order valence-electron chi connectivity index (χ0n) is 19.1. The van der Waals surface area contributed by atoms with Crippen molar-refractivity contribution >= 4 is 34.6 Å². The number of aryl methyl sites for hydroxylation is 1. The molecule has 2 saturated heterocycles. The van der Waals surface area contributed by atoms with E-state index in [2.05, 4.69) is 28.4 Å². The van der Waals surface area contributed by atoms with Gasteiger partial charge in [-0.15, -0.1) is 0 Å². The fraction of sp³-hybridized carbons (Fsp3) is 0.538. The molecule has 4 amide bonds. The Balaban J connectivity index is 1.50. The molecule has 4 aliphatic rings. The van der Waals surface area contributed by atoms with Gasteiger partial charge in [0.25, 0.3) is 0 Å². The Hall–Kier alpha value is -2.96. The molecule has 2 aromatic rings. The van der Waals surface area contributed by atoms with Crippen molar-refractivity contribution in [3.8, 4) is 0 Å². The second kappa shape index (κ2) is 7.54. The molecule has 33 heavy (non-hydrogen) atoms. The summed E-state index contributed by atoms with van der Waals surface area (Å²) in [5.74, 6) is 0.162. The molecule has 3 fully saturated rings. The van der Waals surface area contributed by atoms with Crippen LogP contribution in [-0.4, -0.2) is 46.4 Å². The molecule has 172 valence electrons. The standard InChI is InChI=1S/C26H30N4O3/c1-16-10-11-20-17(13-16)14-18-15-26(21-9-5-6-12-29(21)22(18)27-20)23(31)28-25(33)30(24(26)32)19-7-3-2-4-8-19/h10-11,13-14,19,21H,2-9,12,15H2,1H3,(H,28,31,33)/t21-,26-/m1/s1. The quantitative estimate of drug-likeness (QED) is 0.673. The minimum atomic E-state index is -1.28. The number of urea groups is 1. The number of aromatic nitrogens is 1. The molecule has 1 aromatic carbocycles. The topological polar surface area (TPSA) is 82.6 Å². The molecule has 3 aliphatic heterocycles. The number of pyridine rings is 1. The predicted molar refractivity (Wildman–Crippen MR) is 125 cm³/mol. The number of fused-ring (bicyclic) bond motifs is 5. The second-order valence-corrected chi connectivity index (χ2v) is 10.2. The molecule has 6 rings (SSSR count). The summed E-state index contributed by atoms with van der Waals surface area (Å²) in [6, 6.07) is 7.36. The molecule has 1 spiro atoms. The molecule has 0 radical (unpaired) electrons. The maximum Gasteiger partial charge on any atom is 0.331 e. The first-order chi connectivity index (χ1) is 16.0. The van der Waals surface area contributed by atoms with Crippen LogP contribution in [0.3, 0.4) is 0 Å². The van der Waals surface area contributed by atoms with E-state index in [4.69, 9.17) is 4.98 Å². The van der Waals surface area contributed by atoms with Crippen molar-refractivity contribution in [2.45, 2.75) is 76.8 Å². The minimum absolute atomic E-state index is 0.118. The number of piperidine rings is 1. The molecule has 0 bridgehead atoms. The van der Waals surface area contributed by atoms with Crippen LogP contribution < -0.4 is 10.2 Å². The molecule has 2 atom stereocenters. The van der Waals surface area contributed by atoms with Crippen LogP contribution in [0.5, 0.6) is 0 Å². The van der Waals surface area contributed by atoms with Gasteiger partial charge in [0.05, 0.1) is 11.6 Å². The molecule has 0 unspecified atom stereocenters. The first-order valence-corrected chi connectivity index (χ1v) is 12.3. The fourth-order valence-electron chi connectivity index (χ4n) is 6.62. The molecule has 7 nitrogen and oxygen atoms in total. The van der Waals surface area contributed by atoms with Gasteiger partial charge in [-0.05, 0) is 62.8 Å². The lowest BCUT2D eigenvalue weighted by Crippen LogP contribution is -2.73. The lowest BCUT2D eigenvalue weighted by Gasteiger charge is -2.54. The van der Waals surface area contributed by atoms with Crippen molar-refractivity contribution in [3.05, 3.63) is 35.4 Å². The summed E-state index contributed by atoms with van der Waals surface area (Å²) < 4.78 is 0. The fourth-order valence-corrected chi connectivity index (χ4v) is 6.62. The molecule has 1 saturated carbocycles. The van der Waals surface area contributed by atoms with Crippen molar-refractivity contribution in [1.82, 2.24) is 15.2 Å². The average Bonchev–Trinajstić information content (AvgIpc) is 2.82. The van der Waals surface area contributed by atoms with Crippen molar-refractivity contribution < 1.29 is 14.4 Å². The zero-order valence-corrected chi connectivity index (χ0v) is 19.1. The maximum absolute atomic E-state index is 14.2. The van der Waals surface area contributed by atoms with E-state index in [-0.39, 0.29) is 18.0 Å². The molecular formula is C26H30N4O3. The molecule has 1 aliphatic carbocycles. The summed E-state index contributed by atoms with van der Waals surface area (Å²) in [4.78, 5) is 49.3. The summed E-state index contributed by atoms with van der Waals surface area (Å²) in [5.41, 5.74) is 1.72. The van der Waals surface area contributed by atoms with E-state index in [9.17, 15) is 14.4 Å². The number of anilines is 1. The van der Waals surface area contributed by atoms with Crippen LogP contribution in [0.2, 0.25) is 0 Å². The third kappa shape index (κ3) is 3.01. The highest BCUT2D eigenvalue weighted by molar-refractivity contribution is 6.20. The van der Waals surface area contributed by atoms with Crippen molar-refractivity contribution in [2.75, 3.05) is 11.4 Å². The first-order valence-electron chi connectivity index (χ1n) is 12.3. The smallest absolute Gasteiger partial charge is 0.331 e. The highest BCUT2D eigenvalue weighted by Crippen LogP contribution is 2.48. The van der Waals surface area contributed by atoms with Gasteiger partial charge in [-0.25, -0.2) is 9.78 Å². The normalized spacial score (nSPS) is 28.2. The molecular weight excluding hydrogens is 416 g/mol. The van der Waals surface area contributed by atoms with Crippen LogP contribution in [0, 0.1) is 12.3 Å². The van der Waals surface area contributed by atoms with Crippen molar-refractivity contribution in [1.29, 1.82) is 0 Å². The van der Waals surface area contributed by atoms with E-state index in [1.807, 2.05) is 13.0 Å². The highest BCUT2D eigenvalue weighted by atomic mass is 16.2. The number of rotatable bonds is 1. The third-order valence-corrected chi connectivity index (χ3v) is 8.22. The van der Waals surface area contributed by atoms with E-state index in [0.29, 0.717) is 6.42 Å². The van der Waals surface area contributed by atoms with E-state index < -0.39 is 17.4 Å². The third-order valence-electron chi connectivity index (χ3n) is 8.22. The van der Waals surface area contributed by atoms with Gasteiger partial charge >= 0.3 is 6.03 Å². The van der Waals surface area contributed by atoms with E-state index in [1.165, 1.54) is 4.90 Å². The highest BCUT2D eigenvalue weighted by Gasteiger charge is 2.63. The van der Waals surface area contributed by atoms with E-state index in [1.54, 1.807) is 0 Å². The number of amides is 4. The van der Waals surface area contributed by atoms with Gasteiger partial charge < -0.3 is 4.90 Å². The molecule has 7 heteroatoms. The van der Waals surface area contributed by atoms with Crippen LogP contribution in [0.25, 0.3) is 10.9 Å². The lowest BCUT2D eigenvalue weighted by molar-refractivity contribution is -0.156. The monoisotopic (exact) mass is 446 g/mol. The van der Waals surface area contributed by atoms with Crippen LogP contribution in [0.1, 0.15) is 62.5 Å². The van der Waals surface area contributed by atoms with Gasteiger partial charge in [-0.3, -0.25) is 19.8 Å². The predicted octanol–water partition coefficient (Wildman–Crippen LogP) is 3.86.